The normalized spacial score (nSPS) is 31.9. The zero-order valence-electron chi connectivity index (χ0n) is 8.50. The first kappa shape index (κ1) is 10.1. The van der Waals surface area contributed by atoms with Crippen molar-refractivity contribution in [2.75, 3.05) is 13.2 Å². The molecule has 0 amide bonds. The van der Waals surface area contributed by atoms with Crippen LogP contribution in [-0.4, -0.2) is 29.2 Å². The molecule has 0 radical (unpaired) electrons. The van der Waals surface area contributed by atoms with Gasteiger partial charge in [-0.05, 0) is 28.8 Å². The molecule has 0 aromatic heterocycles. The minimum absolute atomic E-state index is 0.0839. The van der Waals surface area contributed by atoms with E-state index in [-0.39, 0.29) is 11.4 Å². The van der Waals surface area contributed by atoms with Gasteiger partial charge in [-0.2, -0.15) is 0 Å². The van der Waals surface area contributed by atoms with Gasteiger partial charge in [0.15, 0.2) is 5.79 Å². The third-order valence-corrected chi connectivity index (χ3v) is 3.97. The summed E-state index contributed by atoms with van der Waals surface area (Å²) in [6.07, 6.45) is 4.66. The summed E-state index contributed by atoms with van der Waals surface area (Å²) in [5.74, 6) is -0.302. The topological polar surface area (TPSA) is 40.0 Å². The zero-order chi connectivity index (χ0) is 10.4. The van der Waals surface area contributed by atoms with Crippen LogP contribution in [0.4, 0.5) is 0 Å². The Bertz CT molecular complexity index is 289. The second kappa shape index (κ2) is 3.43. The van der Waals surface area contributed by atoms with E-state index in [1.165, 1.54) is 0 Å². The molecule has 0 atom stereocenters. The molecule has 15 heavy (non-hydrogen) atoms. The van der Waals surface area contributed by atoms with Crippen molar-refractivity contribution >= 4 is 20.6 Å². The fourth-order valence-corrected chi connectivity index (χ4v) is 3.20. The monoisotopic (exact) mass is 275 g/mol. The molecule has 0 unspecified atom stereocenters. The highest BCUT2D eigenvalue weighted by molar-refractivity contribution is 9.18. The molecule has 2 heterocycles. The first-order valence-electron chi connectivity index (χ1n) is 5.41. The maximum absolute atomic E-state index is 5.68. The van der Waals surface area contributed by atoms with Gasteiger partial charge in [0.2, 0.25) is 0 Å². The fraction of sp³-hybridized carbons (Fsp3) is 0.900. The molecule has 4 nitrogen and oxygen atoms in total. The molecule has 1 saturated carbocycles. The third kappa shape index (κ3) is 1.70. The molecule has 0 bridgehead atoms. The predicted octanol–water partition coefficient (Wildman–Crippen LogP) is 2.17. The van der Waals surface area contributed by atoms with Crippen LogP contribution >= 0.6 is 15.9 Å². The Morgan fingerprint density at radius 2 is 1.73 bits per heavy atom. The first-order chi connectivity index (χ1) is 7.22. The number of rotatable bonds is 0. The molecule has 5 heteroatoms. The summed E-state index contributed by atoms with van der Waals surface area (Å²) >= 11 is 3.39. The van der Waals surface area contributed by atoms with Crippen LogP contribution in [0.5, 0.6) is 0 Å². The van der Waals surface area contributed by atoms with Crippen molar-refractivity contribution in [1.82, 2.24) is 0 Å². The zero-order valence-corrected chi connectivity index (χ0v) is 10.1. The summed E-state index contributed by atoms with van der Waals surface area (Å²) in [4.78, 5) is 5.53. The smallest absolute Gasteiger partial charge is 0.168 e. The first-order valence-corrected chi connectivity index (χ1v) is 6.20. The summed E-state index contributed by atoms with van der Waals surface area (Å²) in [6, 6.07) is 0. The van der Waals surface area contributed by atoms with E-state index in [1.54, 1.807) is 0 Å². The van der Waals surface area contributed by atoms with E-state index in [4.69, 9.17) is 14.3 Å². The molecule has 0 aromatic rings. The third-order valence-electron chi connectivity index (χ3n) is 3.54. The van der Waals surface area contributed by atoms with Gasteiger partial charge in [-0.25, -0.2) is 0 Å². The van der Waals surface area contributed by atoms with Crippen molar-refractivity contribution in [1.29, 1.82) is 0 Å². The van der Waals surface area contributed by atoms with Gasteiger partial charge in [0.1, 0.15) is 10.2 Å². The van der Waals surface area contributed by atoms with Gasteiger partial charge in [0, 0.05) is 19.3 Å². The van der Waals surface area contributed by atoms with Crippen LogP contribution in [-0.2, 0) is 14.3 Å². The van der Waals surface area contributed by atoms with Gasteiger partial charge >= 0.3 is 0 Å². The summed E-state index contributed by atoms with van der Waals surface area (Å²) in [5, 5.41) is 3.98. The van der Waals surface area contributed by atoms with Crippen LogP contribution in [0.25, 0.3) is 0 Å². The Labute approximate surface area is 97.1 Å². The number of ether oxygens (including phenoxy) is 2. The molecule has 1 saturated heterocycles. The number of halogens is 1. The van der Waals surface area contributed by atoms with E-state index in [9.17, 15) is 0 Å². The number of oxime groups is 1. The SMILES string of the molecule is BrC1=NOC2(CCC3(CC2)OCCO3)C1. The van der Waals surface area contributed by atoms with Crippen molar-refractivity contribution in [3.05, 3.63) is 0 Å². The summed E-state index contributed by atoms with van der Waals surface area (Å²) < 4.78 is 12.3. The Morgan fingerprint density at radius 3 is 2.27 bits per heavy atom. The molecule has 3 aliphatic rings. The van der Waals surface area contributed by atoms with E-state index in [0.717, 1.165) is 49.9 Å². The number of hydrogen-bond donors (Lipinski definition) is 0. The maximum Gasteiger partial charge on any atom is 0.168 e. The highest BCUT2D eigenvalue weighted by atomic mass is 79.9. The molecular formula is C10H14BrNO3. The highest BCUT2D eigenvalue weighted by Gasteiger charge is 2.49. The van der Waals surface area contributed by atoms with Crippen molar-refractivity contribution in [3.63, 3.8) is 0 Å². The molecular weight excluding hydrogens is 262 g/mol. The van der Waals surface area contributed by atoms with Crippen molar-refractivity contribution < 1.29 is 14.3 Å². The van der Waals surface area contributed by atoms with Gasteiger partial charge in [-0.3, -0.25) is 0 Å². The molecule has 0 N–H and O–H groups in total. The summed E-state index contributed by atoms with van der Waals surface area (Å²) in [6.45, 7) is 1.46. The van der Waals surface area contributed by atoms with Gasteiger partial charge in [0.05, 0.1) is 13.2 Å². The van der Waals surface area contributed by atoms with Crippen LogP contribution in [0, 0.1) is 0 Å². The molecule has 3 rings (SSSR count). The lowest BCUT2D eigenvalue weighted by atomic mass is 9.80. The van der Waals surface area contributed by atoms with Gasteiger partial charge in [-0.15, -0.1) is 0 Å². The summed E-state index contributed by atoms with van der Waals surface area (Å²) in [7, 11) is 0. The second-order valence-corrected chi connectivity index (χ2v) is 5.44. The minimum Gasteiger partial charge on any atom is -0.388 e. The number of nitrogens with zero attached hydrogens (tertiary/aromatic N) is 1. The lowest BCUT2D eigenvalue weighted by molar-refractivity contribution is -0.206. The van der Waals surface area contributed by atoms with E-state index in [0.29, 0.717) is 0 Å². The van der Waals surface area contributed by atoms with Gasteiger partial charge in [-0.1, -0.05) is 5.16 Å². The molecule has 0 aromatic carbocycles. The minimum atomic E-state index is -0.302. The van der Waals surface area contributed by atoms with Crippen LogP contribution in [0.2, 0.25) is 0 Å². The average Bonchev–Trinajstić information content (AvgIpc) is 2.81. The van der Waals surface area contributed by atoms with Crippen LogP contribution in [0.15, 0.2) is 5.16 Å². The van der Waals surface area contributed by atoms with Crippen LogP contribution < -0.4 is 0 Å². The van der Waals surface area contributed by atoms with E-state index < -0.39 is 0 Å². The molecule has 2 spiro atoms. The molecule has 84 valence electrons. The highest BCUT2D eigenvalue weighted by Crippen LogP contribution is 2.45. The Kier molecular flexibility index (Phi) is 2.30. The van der Waals surface area contributed by atoms with Gasteiger partial charge < -0.3 is 14.3 Å². The lowest BCUT2D eigenvalue weighted by Crippen LogP contribution is -2.43. The average molecular weight is 276 g/mol. The van der Waals surface area contributed by atoms with E-state index in [2.05, 4.69) is 21.1 Å². The Balaban J connectivity index is 1.66. The van der Waals surface area contributed by atoms with Crippen LogP contribution in [0.1, 0.15) is 32.1 Å². The molecule has 2 fully saturated rings. The van der Waals surface area contributed by atoms with Gasteiger partial charge in [0.25, 0.3) is 0 Å². The second-order valence-electron chi connectivity index (χ2n) is 4.53. The molecule has 2 aliphatic heterocycles. The lowest BCUT2D eigenvalue weighted by Gasteiger charge is -2.39. The fourth-order valence-electron chi connectivity index (χ4n) is 2.62. The van der Waals surface area contributed by atoms with E-state index in [1.807, 2.05) is 0 Å². The number of hydrogen-bond acceptors (Lipinski definition) is 4. The molecule has 1 aliphatic carbocycles. The van der Waals surface area contributed by atoms with E-state index >= 15 is 0 Å². The largest absolute Gasteiger partial charge is 0.388 e. The van der Waals surface area contributed by atoms with Crippen molar-refractivity contribution in [2.24, 2.45) is 5.16 Å². The van der Waals surface area contributed by atoms with Crippen molar-refractivity contribution in [3.8, 4) is 0 Å². The standard InChI is InChI=1S/C10H14BrNO3/c11-8-7-9(15-12-8)1-3-10(4-2-9)13-5-6-14-10/h1-7H2. The van der Waals surface area contributed by atoms with Crippen LogP contribution in [0.3, 0.4) is 0 Å². The quantitative estimate of drug-likeness (QED) is 0.680. The maximum atomic E-state index is 5.68. The Hall–Kier alpha value is -0.130. The Morgan fingerprint density at radius 1 is 1.07 bits per heavy atom. The summed E-state index contributed by atoms with van der Waals surface area (Å²) in [5.41, 5.74) is -0.0839. The van der Waals surface area contributed by atoms with Crippen molar-refractivity contribution in [2.45, 2.75) is 43.5 Å². The predicted molar refractivity (Wildman–Crippen MR) is 57.9 cm³/mol.